The second-order valence-corrected chi connectivity index (χ2v) is 7.82. The maximum absolute atomic E-state index is 12.4. The minimum atomic E-state index is -1.12. The Labute approximate surface area is 205 Å². The molecule has 35 heavy (non-hydrogen) atoms. The van der Waals surface area contributed by atoms with E-state index in [2.05, 4.69) is 11.9 Å². The predicted octanol–water partition coefficient (Wildman–Crippen LogP) is 4.29. The van der Waals surface area contributed by atoms with E-state index in [9.17, 15) is 14.7 Å². The van der Waals surface area contributed by atoms with E-state index in [0.717, 1.165) is 27.3 Å². The zero-order valence-corrected chi connectivity index (χ0v) is 19.7. The first-order chi connectivity index (χ1) is 17.0. The zero-order valence-electron chi connectivity index (χ0n) is 19.7. The quantitative estimate of drug-likeness (QED) is 0.301. The molecule has 0 heterocycles. The Morgan fingerprint density at radius 2 is 1.49 bits per heavy atom. The molecule has 3 aromatic carbocycles. The van der Waals surface area contributed by atoms with Crippen molar-refractivity contribution in [1.82, 2.24) is 10.2 Å². The van der Waals surface area contributed by atoms with Gasteiger partial charge in [0.1, 0.15) is 18.9 Å². The average molecular weight is 475 g/mol. The number of amides is 1. The van der Waals surface area contributed by atoms with Crippen molar-refractivity contribution < 1.29 is 24.2 Å². The topological polar surface area (TPSA) is 88.1 Å². The molecule has 0 saturated carbocycles. The highest BCUT2D eigenvalue weighted by atomic mass is 16.6. The molecule has 0 unspecified atom stereocenters. The molecule has 2 N–H and O–H groups in total. The van der Waals surface area contributed by atoms with Gasteiger partial charge < -0.3 is 14.6 Å². The molecule has 7 nitrogen and oxygen atoms in total. The molecule has 0 bridgehead atoms. The summed E-state index contributed by atoms with van der Waals surface area (Å²) in [7, 11) is 1.62. The van der Waals surface area contributed by atoms with Crippen LogP contribution in [0.25, 0.3) is 0 Å². The molecule has 0 radical (unpaired) electrons. The predicted molar refractivity (Wildman–Crippen MR) is 135 cm³/mol. The van der Waals surface area contributed by atoms with Crippen LogP contribution in [0.1, 0.15) is 16.7 Å². The van der Waals surface area contributed by atoms with E-state index in [-0.39, 0.29) is 13.2 Å². The number of aliphatic carboxylic acids is 1. The lowest BCUT2D eigenvalue weighted by atomic mass is 9.77. The summed E-state index contributed by atoms with van der Waals surface area (Å²) in [6, 6.07) is 27.8. The number of benzene rings is 3. The number of ether oxygens (including phenoxy) is 2. The molecular formula is C28H30N2O5. The lowest BCUT2D eigenvalue weighted by Gasteiger charge is -2.38. The van der Waals surface area contributed by atoms with Crippen molar-refractivity contribution in [1.29, 1.82) is 0 Å². The van der Waals surface area contributed by atoms with Gasteiger partial charge in [-0.1, -0.05) is 85.5 Å². The van der Waals surface area contributed by atoms with Crippen molar-refractivity contribution >= 4 is 12.1 Å². The number of hydrogen-bond acceptors (Lipinski definition) is 5. The third-order valence-corrected chi connectivity index (χ3v) is 5.62. The minimum Gasteiger partial charge on any atom is -0.497 e. The van der Waals surface area contributed by atoms with Crippen LogP contribution in [-0.4, -0.2) is 55.4 Å². The summed E-state index contributed by atoms with van der Waals surface area (Å²) < 4.78 is 10.4. The van der Waals surface area contributed by atoms with Gasteiger partial charge >= 0.3 is 12.1 Å². The van der Waals surface area contributed by atoms with Gasteiger partial charge in [0.15, 0.2) is 0 Å². The van der Waals surface area contributed by atoms with Gasteiger partial charge in [0.2, 0.25) is 0 Å². The first kappa shape index (κ1) is 25.5. The molecule has 0 aliphatic rings. The van der Waals surface area contributed by atoms with Crippen molar-refractivity contribution in [2.75, 3.05) is 33.4 Å². The number of carboxylic acid groups (broad SMARTS) is 1. The van der Waals surface area contributed by atoms with Gasteiger partial charge in [-0.05, 0) is 28.8 Å². The number of methoxy groups -OCH3 is 1. The van der Waals surface area contributed by atoms with Crippen LogP contribution in [0.3, 0.4) is 0 Å². The summed E-state index contributed by atoms with van der Waals surface area (Å²) in [4.78, 5) is 25.0. The summed E-state index contributed by atoms with van der Waals surface area (Å²) >= 11 is 0. The third-order valence-electron chi connectivity index (χ3n) is 5.62. The Hall–Kier alpha value is -4.10. The van der Waals surface area contributed by atoms with E-state index >= 15 is 0 Å². The monoisotopic (exact) mass is 474 g/mol. The molecule has 182 valence electrons. The Morgan fingerprint density at radius 3 is 1.97 bits per heavy atom. The van der Waals surface area contributed by atoms with Crippen LogP contribution in [0.5, 0.6) is 5.75 Å². The second-order valence-electron chi connectivity index (χ2n) is 7.82. The van der Waals surface area contributed by atoms with Crippen LogP contribution >= 0.6 is 0 Å². The van der Waals surface area contributed by atoms with Crippen LogP contribution in [0.4, 0.5) is 4.79 Å². The van der Waals surface area contributed by atoms with Gasteiger partial charge in [-0.3, -0.25) is 15.0 Å². The lowest BCUT2D eigenvalue weighted by molar-refractivity contribution is -0.138. The fourth-order valence-corrected chi connectivity index (χ4v) is 4.02. The van der Waals surface area contributed by atoms with Crippen LogP contribution in [0.2, 0.25) is 0 Å². The normalized spacial score (nSPS) is 10.9. The second kappa shape index (κ2) is 12.4. The SMILES string of the molecule is C=CCOC(=O)N(CCNC(c1ccccc1)(c1ccccc1)c1ccc(OC)cc1)CC(=O)O. The standard InChI is InChI=1S/C28H30N2O5/c1-3-20-35-27(33)30(21-26(31)32)19-18-29-28(22-10-6-4-7-11-22,23-12-8-5-9-13-23)24-14-16-25(34-2)17-15-24/h3-17,29H,1,18-21H2,2H3,(H,31,32). The largest absolute Gasteiger partial charge is 0.497 e. The van der Waals surface area contributed by atoms with E-state index < -0.39 is 24.1 Å². The number of carbonyl (C=O) groups is 2. The molecule has 3 rings (SSSR count). The van der Waals surface area contributed by atoms with Crippen molar-refractivity contribution in [2.24, 2.45) is 0 Å². The van der Waals surface area contributed by atoms with Crippen LogP contribution in [0.15, 0.2) is 97.6 Å². The fraction of sp³-hybridized carbons (Fsp3) is 0.214. The van der Waals surface area contributed by atoms with Crippen molar-refractivity contribution in [2.45, 2.75) is 5.54 Å². The summed E-state index contributed by atoms with van der Waals surface area (Å²) in [6.45, 7) is 3.49. The number of rotatable bonds is 12. The Kier molecular flexibility index (Phi) is 9.03. The summed E-state index contributed by atoms with van der Waals surface area (Å²) in [5, 5.41) is 12.9. The van der Waals surface area contributed by atoms with E-state index in [1.54, 1.807) is 7.11 Å². The molecule has 0 fully saturated rings. The highest BCUT2D eigenvalue weighted by molar-refractivity contribution is 5.76. The molecule has 0 saturated heterocycles. The highest BCUT2D eigenvalue weighted by Crippen LogP contribution is 2.37. The van der Waals surface area contributed by atoms with E-state index in [4.69, 9.17) is 9.47 Å². The molecule has 0 spiro atoms. The molecule has 0 aromatic heterocycles. The van der Waals surface area contributed by atoms with Crippen molar-refractivity contribution in [3.8, 4) is 5.75 Å². The number of nitrogens with zero attached hydrogens (tertiary/aromatic N) is 1. The fourth-order valence-electron chi connectivity index (χ4n) is 4.02. The van der Waals surface area contributed by atoms with Gasteiger partial charge in [-0.15, -0.1) is 0 Å². The molecule has 0 aliphatic heterocycles. The van der Waals surface area contributed by atoms with Gasteiger partial charge in [-0.2, -0.15) is 0 Å². The van der Waals surface area contributed by atoms with Crippen molar-refractivity contribution in [3.05, 3.63) is 114 Å². The molecule has 0 aliphatic carbocycles. The minimum absolute atomic E-state index is 0.00615. The highest BCUT2D eigenvalue weighted by Gasteiger charge is 2.36. The number of hydrogen-bond donors (Lipinski definition) is 2. The zero-order chi connectivity index (χ0) is 25.1. The number of nitrogens with one attached hydrogen (secondary N) is 1. The number of carbonyl (C=O) groups excluding carboxylic acids is 1. The van der Waals surface area contributed by atoms with Crippen LogP contribution in [-0.2, 0) is 15.1 Å². The van der Waals surface area contributed by atoms with Gasteiger partial charge in [0, 0.05) is 13.1 Å². The van der Waals surface area contributed by atoms with E-state index in [1.807, 2.05) is 84.9 Å². The Balaban J connectivity index is 2.01. The first-order valence-electron chi connectivity index (χ1n) is 11.3. The number of carboxylic acids is 1. The summed E-state index contributed by atoms with van der Waals surface area (Å²) in [5.74, 6) is -0.380. The van der Waals surface area contributed by atoms with Crippen LogP contribution in [0, 0.1) is 0 Å². The molecule has 3 aromatic rings. The van der Waals surface area contributed by atoms with Gasteiger partial charge in [0.05, 0.1) is 12.6 Å². The van der Waals surface area contributed by atoms with E-state index in [0.29, 0.717) is 6.54 Å². The Morgan fingerprint density at radius 1 is 0.943 bits per heavy atom. The smallest absolute Gasteiger partial charge is 0.410 e. The lowest BCUT2D eigenvalue weighted by Crippen LogP contribution is -2.49. The maximum atomic E-state index is 12.4. The van der Waals surface area contributed by atoms with Gasteiger partial charge in [-0.25, -0.2) is 4.79 Å². The molecule has 1 amide bonds. The third kappa shape index (κ3) is 6.28. The van der Waals surface area contributed by atoms with Crippen LogP contribution < -0.4 is 10.1 Å². The first-order valence-corrected chi connectivity index (χ1v) is 11.3. The Bertz CT molecular complexity index is 1060. The van der Waals surface area contributed by atoms with E-state index in [1.165, 1.54) is 6.08 Å². The van der Waals surface area contributed by atoms with Gasteiger partial charge in [0.25, 0.3) is 0 Å². The van der Waals surface area contributed by atoms with Crippen molar-refractivity contribution in [3.63, 3.8) is 0 Å². The summed E-state index contributed by atoms with van der Waals surface area (Å²) in [6.07, 6.45) is 0.734. The average Bonchev–Trinajstić information content (AvgIpc) is 2.90. The molecule has 0 atom stereocenters. The summed E-state index contributed by atoms with van der Waals surface area (Å²) in [5.41, 5.74) is 2.19. The maximum Gasteiger partial charge on any atom is 0.410 e. The molecular weight excluding hydrogens is 444 g/mol. The molecule has 7 heteroatoms.